The Balaban J connectivity index is 3.15. The maximum absolute atomic E-state index is 5.78. The minimum Gasteiger partial charge on any atom is -0.488 e. The third-order valence-electron chi connectivity index (χ3n) is 5.16. The highest BCUT2D eigenvalue weighted by atomic mass is 32.2. The van der Waals surface area contributed by atoms with E-state index in [9.17, 15) is 0 Å². The summed E-state index contributed by atoms with van der Waals surface area (Å²) in [5, 5.41) is 1.90. The van der Waals surface area contributed by atoms with E-state index in [1.54, 1.807) is 0 Å². The molecule has 0 radical (unpaired) electrons. The number of unbranched alkanes of at least 4 members (excludes halogenated alkanes) is 6. The van der Waals surface area contributed by atoms with Crippen LogP contribution in [0.3, 0.4) is 0 Å². The van der Waals surface area contributed by atoms with Gasteiger partial charge in [-0.2, -0.15) is 15.0 Å². The van der Waals surface area contributed by atoms with Crippen molar-refractivity contribution >= 4 is 35.3 Å². The summed E-state index contributed by atoms with van der Waals surface area (Å²) in [4.78, 5) is 14.3. The van der Waals surface area contributed by atoms with Crippen molar-refractivity contribution in [2.24, 2.45) is 0 Å². The number of rotatable bonds is 24. The number of nitrogens with zero attached hydrogens (tertiary/aromatic N) is 3. The van der Waals surface area contributed by atoms with E-state index in [0.29, 0.717) is 15.5 Å². The predicted molar refractivity (Wildman–Crippen MR) is 155 cm³/mol. The molecule has 0 aliphatic carbocycles. The first-order valence-electron chi connectivity index (χ1n) is 13.1. The lowest BCUT2D eigenvalue weighted by Crippen LogP contribution is -2.11. The molecule has 204 valence electrons. The highest BCUT2D eigenvalue weighted by molar-refractivity contribution is 8.00. The van der Waals surface area contributed by atoms with Gasteiger partial charge in [-0.15, -0.1) is 0 Å². The monoisotopic (exact) mass is 555 g/mol. The van der Waals surface area contributed by atoms with Crippen LogP contribution in [0.2, 0.25) is 0 Å². The first-order chi connectivity index (χ1) is 17.6. The molecule has 1 heterocycles. The minimum absolute atomic E-state index is 0.0956. The molecule has 6 nitrogen and oxygen atoms in total. The molecule has 3 unspecified atom stereocenters. The molecule has 1 rings (SSSR count). The Kier molecular flexibility index (Phi) is 19.7. The van der Waals surface area contributed by atoms with E-state index < -0.39 is 0 Å². The van der Waals surface area contributed by atoms with Crippen molar-refractivity contribution in [2.75, 3.05) is 0 Å². The Hall–Kier alpha value is -1.32. The Labute approximate surface area is 231 Å². The van der Waals surface area contributed by atoms with Gasteiger partial charge in [0.15, 0.2) is 31.8 Å². The van der Waals surface area contributed by atoms with Crippen molar-refractivity contribution < 1.29 is 14.2 Å². The first kappa shape index (κ1) is 32.7. The molecule has 36 heavy (non-hydrogen) atoms. The number of hydrogen-bond donors (Lipinski definition) is 0. The van der Waals surface area contributed by atoms with Crippen LogP contribution in [0.15, 0.2) is 54.0 Å². The van der Waals surface area contributed by atoms with Crippen LogP contribution >= 0.6 is 35.3 Å². The number of aromatic nitrogens is 3. The summed E-state index contributed by atoms with van der Waals surface area (Å²) in [5.41, 5.74) is -0.287. The molecule has 0 fully saturated rings. The van der Waals surface area contributed by atoms with Crippen molar-refractivity contribution in [1.82, 2.24) is 15.0 Å². The number of ether oxygens (including phenoxy) is 3. The van der Waals surface area contributed by atoms with E-state index in [0.717, 1.165) is 77.0 Å². The highest BCUT2D eigenvalue weighted by Gasteiger charge is 2.20. The van der Waals surface area contributed by atoms with E-state index >= 15 is 0 Å². The second kappa shape index (κ2) is 21.7. The average molecular weight is 556 g/mol. The van der Waals surface area contributed by atoms with Gasteiger partial charge in [-0.05, 0) is 73.8 Å². The lowest BCUT2D eigenvalue weighted by molar-refractivity contribution is 0.209. The number of thioether (sulfide) groups is 3. The van der Waals surface area contributed by atoms with Gasteiger partial charge in [0.25, 0.3) is 0 Å². The fourth-order valence-corrected chi connectivity index (χ4v) is 6.27. The second-order valence-corrected chi connectivity index (χ2v) is 11.6. The SMILES string of the molecule is C=COC(CCCCC)Sc1nc(SC(CCCCC)OC=C)nc(SC(CCCCC)OC=C)n1. The van der Waals surface area contributed by atoms with Crippen LogP contribution in [0.4, 0.5) is 0 Å². The zero-order valence-corrected chi connectivity index (χ0v) is 24.8. The third-order valence-corrected chi connectivity index (χ3v) is 8.17. The van der Waals surface area contributed by atoms with Gasteiger partial charge < -0.3 is 14.2 Å². The third kappa shape index (κ3) is 15.1. The van der Waals surface area contributed by atoms with Crippen molar-refractivity contribution in [3.8, 4) is 0 Å². The van der Waals surface area contributed by atoms with Gasteiger partial charge in [0.05, 0.1) is 18.8 Å². The number of hydrogen-bond acceptors (Lipinski definition) is 9. The first-order valence-corrected chi connectivity index (χ1v) is 15.8. The van der Waals surface area contributed by atoms with E-state index in [-0.39, 0.29) is 16.3 Å². The summed E-state index contributed by atoms with van der Waals surface area (Å²) in [6.45, 7) is 17.8. The summed E-state index contributed by atoms with van der Waals surface area (Å²) >= 11 is 4.53. The highest BCUT2D eigenvalue weighted by Crippen LogP contribution is 2.33. The van der Waals surface area contributed by atoms with Gasteiger partial charge in [0, 0.05) is 0 Å². The van der Waals surface area contributed by atoms with Crippen LogP contribution in [-0.2, 0) is 14.2 Å². The molecule has 0 saturated carbocycles. The van der Waals surface area contributed by atoms with Gasteiger partial charge in [-0.25, -0.2) is 0 Å². The molecule has 0 amide bonds. The van der Waals surface area contributed by atoms with Gasteiger partial charge in [0.1, 0.15) is 0 Å². The lowest BCUT2D eigenvalue weighted by Gasteiger charge is -2.18. The molecular formula is C27H45N3O3S3. The Morgan fingerprint density at radius 3 is 1.06 bits per heavy atom. The van der Waals surface area contributed by atoms with E-state index in [2.05, 4.69) is 40.5 Å². The van der Waals surface area contributed by atoms with Crippen molar-refractivity contribution in [3.05, 3.63) is 38.5 Å². The molecular weight excluding hydrogens is 511 g/mol. The largest absolute Gasteiger partial charge is 0.488 e. The van der Waals surface area contributed by atoms with Crippen molar-refractivity contribution in [1.29, 1.82) is 0 Å². The van der Waals surface area contributed by atoms with Gasteiger partial charge in [-0.1, -0.05) is 79.0 Å². The van der Waals surface area contributed by atoms with E-state index in [1.165, 1.54) is 54.1 Å². The fourth-order valence-electron chi connectivity index (χ4n) is 3.30. The maximum atomic E-state index is 5.78. The predicted octanol–water partition coefficient (Wildman–Crippen LogP) is 9.35. The molecule has 0 aliphatic heterocycles. The lowest BCUT2D eigenvalue weighted by atomic mass is 10.2. The molecule has 9 heteroatoms. The molecule has 0 aliphatic rings. The normalized spacial score (nSPS) is 13.4. The maximum Gasteiger partial charge on any atom is 0.196 e. The van der Waals surface area contributed by atoms with Crippen LogP contribution in [0, 0.1) is 0 Å². The van der Waals surface area contributed by atoms with Gasteiger partial charge in [-0.3, -0.25) is 0 Å². The topological polar surface area (TPSA) is 66.4 Å². The molecule has 0 saturated heterocycles. The summed E-state index contributed by atoms with van der Waals surface area (Å²) in [6, 6.07) is 0. The van der Waals surface area contributed by atoms with Gasteiger partial charge in [0.2, 0.25) is 0 Å². The smallest absolute Gasteiger partial charge is 0.196 e. The average Bonchev–Trinajstić information content (AvgIpc) is 2.85. The molecule has 3 atom stereocenters. The van der Waals surface area contributed by atoms with Crippen LogP contribution in [-0.4, -0.2) is 31.3 Å². The second-order valence-electron chi connectivity index (χ2n) is 8.22. The van der Waals surface area contributed by atoms with Crippen LogP contribution < -0.4 is 0 Å². The summed E-state index contributed by atoms with van der Waals surface area (Å²) in [5.74, 6) is 0. The minimum atomic E-state index is -0.0956. The zero-order chi connectivity index (χ0) is 26.4. The standard InChI is InChI=1S/C27H45N3O3S3/c1-7-13-16-19-22(31-10-4)34-25-28-26(35-23(32-11-5)20-17-14-8-2)30-27(29-25)36-24(33-12-6)21-18-15-9-3/h10-12,22-24H,4-9,13-21H2,1-3H3. The molecule has 0 aromatic carbocycles. The molecule has 1 aromatic rings. The Bertz CT molecular complexity index is 632. The zero-order valence-electron chi connectivity index (χ0n) is 22.4. The fraction of sp³-hybridized carbons (Fsp3) is 0.667. The molecule has 1 aromatic heterocycles. The Morgan fingerprint density at radius 2 is 0.833 bits per heavy atom. The van der Waals surface area contributed by atoms with Crippen molar-refractivity contribution in [2.45, 2.75) is 130 Å². The summed E-state index contributed by atoms with van der Waals surface area (Å²) in [6.07, 6.45) is 17.4. The molecule has 0 bridgehead atoms. The van der Waals surface area contributed by atoms with Crippen LogP contribution in [0.1, 0.15) is 97.8 Å². The quantitative estimate of drug-likeness (QED) is 0.0537. The van der Waals surface area contributed by atoms with Crippen molar-refractivity contribution in [3.63, 3.8) is 0 Å². The van der Waals surface area contributed by atoms with Crippen LogP contribution in [0.5, 0.6) is 0 Å². The van der Waals surface area contributed by atoms with E-state index in [1.807, 2.05) is 0 Å². The molecule has 0 spiro atoms. The summed E-state index contributed by atoms with van der Waals surface area (Å²) < 4.78 is 17.3. The Morgan fingerprint density at radius 1 is 0.556 bits per heavy atom. The van der Waals surface area contributed by atoms with Gasteiger partial charge >= 0.3 is 0 Å². The van der Waals surface area contributed by atoms with E-state index in [4.69, 9.17) is 29.2 Å². The van der Waals surface area contributed by atoms with Crippen LogP contribution in [0.25, 0.3) is 0 Å². The molecule has 0 N–H and O–H groups in total. The summed E-state index contributed by atoms with van der Waals surface area (Å²) in [7, 11) is 0.